The van der Waals surface area contributed by atoms with Crippen LogP contribution in [0.1, 0.15) is 55.3 Å². The number of hydrogen-bond acceptors (Lipinski definition) is 3. The normalized spacial score (nSPS) is 18.5. The van der Waals surface area contributed by atoms with Gasteiger partial charge in [-0.25, -0.2) is 0 Å². The minimum Gasteiger partial charge on any atom is -0.496 e. The Morgan fingerprint density at radius 1 is 1.32 bits per heavy atom. The third-order valence-corrected chi connectivity index (χ3v) is 4.44. The minimum absolute atomic E-state index is 0.0825. The lowest BCUT2D eigenvalue weighted by atomic mass is 9.86. The van der Waals surface area contributed by atoms with Crippen LogP contribution in [0.25, 0.3) is 0 Å². The Kier molecular flexibility index (Phi) is 3.88. The number of aliphatic hydroxyl groups is 1. The molecule has 0 aromatic heterocycles. The molecule has 3 N–H and O–H groups in total. The summed E-state index contributed by atoms with van der Waals surface area (Å²) in [5.41, 5.74) is 9.80. The van der Waals surface area contributed by atoms with Crippen LogP contribution in [0.5, 0.6) is 5.75 Å². The summed E-state index contributed by atoms with van der Waals surface area (Å²) in [7, 11) is 1.70. The molecule has 1 aromatic rings. The van der Waals surface area contributed by atoms with Crippen molar-refractivity contribution in [3.8, 4) is 5.75 Å². The highest BCUT2D eigenvalue weighted by Gasteiger charge is 2.48. The van der Waals surface area contributed by atoms with Gasteiger partial charge in [-0.05, 0) is 48.4 Å². The van der Waals surface area contributed by atoms with Crippen LogP contribution in [0.2, 0.25) is 0 Å². The Bertz CT molecular complexity index is 464. The Labute approximate surface area is 115 Å². The van der Waals surface area contributed by atoms with Gasteiger partial charge in [0.1, 0.15) is 5.75 Å². The van der Waals surface area contributed by atoms with Crippen LogP contribution in [0.15, 0.2) is 12.1 Å². The number of nitrogens with two attached hydrogens (primary N) is 1. The summed E-state index contributed by atoms with van der Waals surface area (Å²) in [4.78, 5) is 0. The lowest BCUT2D eigenvalue weighted by Gasteiger charge is -2.25. The monoisotopic (exact) mass is 263 g/mol. The van der Waals surface area contributed by atoms with E-state index in [-0.39, 0.29) is 18.1 Å². The highest BCUT2D eigenvalue weighted by Crippen LogP contribution is 2.54. The molecule has 3 nitrogen and oxygen atoms in total. The summed E-state index contributed by atoms with van der Waals surface area (Å²) < 4.78 is 5.46. The van der Waals surface area contributed by atoms with Gasteiger partial charge in [0.25, 0.3) is 0 Å². The number of ether oxygens (including phenoxy) is 1. The van der Waals surface area contributed by atoms with E-state index in [0.29, 0.717) is 5.92 Å². The van der Waals surface area contributed by atoms with Crippen molar-refractivity contribution in [2.24, 2.45) is 11.1 Å². The summed E-state index contributed by atoms with van der Waals surface area (Å²) in [6.07, 6.45) is 2.04. The number of hydrogen-bond donors (Lipinski definition) is 2. The Balaban J connectivity index is 2.43. The summed E-state index contributed by atoms with van der Waals surface area (Å²) in [6.45, 7) is 6.55. The van der Waals surface area contributed by atoms with Crippen molar-refractivity contribution in [3.05, 3.63) is 28.8 Å². The maximum atomic E-state index is 9.55. The van der Waals surface area contributed by atoms with Gasteiger partial charge in [-0.3, -0.25) is 0 Å². The fourth-order valence-corrected chi connectivity index (χ4v) is 2.74. The molecule has 0 saturated heterocycles. The molecule has 1 atom stereocenters. The largest absolute Gasteiger partial charge is 0.496 e. The maximum Gasteiger partial charge on any atom is 0.122 e. The van der Waals surface area contributed by atoms with Crippen molar-refractivity contribution >= 4 is 0 Å². The topological polar surface area (TPSA) is 55.5 Å². The molecule has 106 valence electrons. The van der Waals surface area contributed by atoms with Gasteiger partial charge in [-0.2, -0.15) is 0 Å². The van der Waals surface area contributed by atoms with Gasteiger partial charge in [-0.15, -0.1) is 0 Å². The average Bonchev–Trinajstić information content (AvgIpc) is 3.18. The van der Waals surface area contributed by atoms with Gasteiger partial charge in [0.2, 0.25) is 0 Å². The van der Waals surface area contributed by atoms with E-state index < -0.39 is 0 Å². The molecule has 1 saturated carbocycles. The molecule has 0 radical (unpaired) electrons. The van der Waals surface area contributed by atoms with E-state index in [4.69, 9.17) is 10.5 Å². The molecule has 1 unspecified atom stereocenters. The number of benzene rings is 1. The Hall–Kier alpha value is -1.06. The van der Waals surface area contributed by atoms with Gasteiger partial charge >= 0.3 is 0 Å². The van der Waals surface area contributed by atoms with E-state index in [2.05, 4.69) is 32.9 Å². The summed E-state index contributed by atoms with van der Waals surface area (Å²) in [5, 5.41) is 9.55. The SMILES string of the molecule is COc1cc(C)c(C(N)C2(CO)CC2)cc1C(C)C. The van der Waals surface area contributed by atoms with Crippen molar-refractivity contribution in [3.63, 3.8) is 0 Å². The second-order valence-electron chi connectivity index (χ2n) is 6.10. The van der Waals surface area contributed by atoms with Gasteiger partial charge in [0.05, 0.1) is 13.7 Å². The first kappa shape index (κ1) is 14.4. The molecular weight excluding hydrogens is 238 g/mol. The molecular formula is C16H25NO2. The van der Waals surface area contributed by atoms with E-state index in [1.807, 2.05) is 0 Å². The molecule has 0 heterocycles. The summed E-state index contributed by atoms with van der Waals surface area (Å²) in [6, 6.07) is 4.15. The first-order valence-electron chi connectivity index (χ1n) is 7.00. The van der Waals surface area contributed by atoms with Crippen LogP contribution in [0.4, 0.5) is 0 Å². The fraction of sp³-hybridized carbons (Fsp3) is 0.625. The predicted octanol–water partition coefficient (Wildman–Crippen LogP) is 2.90. The molecule has 2 rings (SSSR count). The number of methoxy groups -OCH3 is 1. The first-order chi connectivity index (χ1) is 8.95. The molecule has 0 bridgehead atoms. The zero-order valence-electron chi connectivity index (χ0n) is 12.4. The van der Waals surface area contributed by atoms with Gasteiger partial charge in [0, 0.05) is 11.5 Å². The Morgan fingerprint density at radius 2 is 1.95 bits per heavy atom. The van der Waals surface area contributed by atoms with E-state index >= 15 is 0 Å². The fourth-order valence-electron chi connectivity index (χ4n) is 2.74. The summed E-state index contributed by atoms with van der Waals surface area (Å²) in [5.74, 6) is 1.32. The lowest BCUT2D eigenvalue weighted by molar-refractivity contribution is 0.187. The smallest absolute Gasteiger partial charge is 0.122 e. The van der Waals surface area contributed by atoms with E-state index in [0.717, 1.165) is 29.7 Å². The van der Waals surface area contributed by atoms with Crippen LogP contribution >= 0.6 is 0 Å². The van der Waals surface area contributed by atoms with Crippen LogP contribution in [0.3, 0.4) is 0 Å². The molecule has 1 aromatic carbocycles. The van der Waals surface area contributed by atoms with Crippen molar-refractivity contribution in [2.45, 2.75) is 45.6 Å². The average molecular weight is 263 g/mol. The second kappa shape index (κ2) is 5.14. The van der Waals surface area contributed by atoms with Gasteiger partial charge in [-0.1, -0.05) is 19.9 Å². The summed E-state index contributed by atoms with van der Waals surface area (Å²) >= 11 is 0. The minimum atomic E-state index is -0.0897. The third-order valence-electron chi connectivity index (χ3n) is 4.44. The number of rotatable bonds is 5. The van der Waals surface area contributed by atoms with Crippen molar-refractivity contribution in [1.29, 1.82) is 0 Å². The third kappa shape index (κ3) is 2.49. The molecule has 0 amide bonds. The quantitative estimate of drug-likeness (QED) is 0.859. The molecule has 1 aliphatic carbocycles. The van der Waals surface area contributed by atoms with Crippen molar-refractivity contribution in [1.82, 2.24) is 0 Å². The molecule has 1 fully saturated rings. The number of aryl methyl sites for hydroxylation is 1. The van der Waals surface area contributed by atoms with Gasteiger partial charge < -0.3 is 15.6 Å². The second-order valence-corrected chi connectivity index (χ2v) is 6.10. The standard InChI is InChI=1S/C16H25NO2/c1-10(2)12-8-13(11(3)7-14(12)19-4)15(17)16(9-18)5-6-16/h7-8,10,15,18H,5-6,9,17H2,1-4H3. The van der Waals surface area contributed by atoms with E-state index in [9.17, 15) is 5.11 Å². The van der Waals surface area contributed by atoms with Gasteiger partial charge in [0.15, 0.2) is 0 Å². The van der Waals surface area contributed by atoms with Crippen molar-refractivity contribution in [2.75, 3.05) is 13.7 Å². The van der Waals surface area contributed by atoms with Crippen LogP contribution in [-0.2, 0) is 0 Å². The van der Waals surface area contributed by atoms with E-state index in [1.54, 1.807) is 7.11 Å². The predicted molar refractivity (Wildman–Crippen MR) is 77.5 cm³/mol. The van der Waals surface area contributed by atoms with Crippen LogP contribution in [0, 0.1) is 12.3 Å². The highest BCUT2D eigenvalue weighted by molar-refractivity contribution is 5.46. The number of aliphatic hydroxyl groups excluding tert-OH is 1. The van der Waals surface area contributed by atoms with Crippen LogP contribution < -0.4 is 10.5 Å². The lowest BCUT2D eigenvalue weighted by Crippen LogP contribution is -2.26. The zero-order chi connectivity index (χ0) is 14.2. The molecule has 19 heavy (non-hydrogen) atoms. The Morgan fingerprint density at radius 3 is 2.37 bits per heavy atom. The molecule has 0 spiro atoms. The van der Waals surface area contributed by atoms with E-state index in [1.165, 1.54) is 5.56 Å². The van der Waals surface area contributed by atoms with Crippen molar-refractivity contribution < 1.29 is 9.84 Å². The van der Waals surface area contributed by atoms with Crippen LogP contribution in [-0.4, -0.2) is 18.8 Å². The molecule has 1 aliphatic rings. The molecule has 0 aliphatic heterocycles. The first-order valence-corrected chi connectivity index (χ1v) is 7.00. The zero-order valence-corrected chi connectivity index (χ0v) is 12.4. The highest BCUT2D eigenvalue weighted by atomic mass is 16.5. The molecule has 3 heteroatoms. The maximum absolute atomic E-state index is 9.55.